The Balaban J connectivity index is 0.902. The maximum absolute atomic E-state index is 14.6. The van der Waals surface area contributed by atoms with Crippen LogP contribution >= 0.6 is 0 Å². The predicted molar refractivity (Wildman–Crippen MR) is 539 cm³/mol. The molecule has 0 saturated carbocycles. The molecule has 15 aromatic rings. The van der Waals surface area contributed by atoms with Gasteiger partial charge in [-0.3, -0.25) is 0 Å². The van der Waals surface area contributed by atoms with Crippen molar-refractivity contribution in [1.82, 2.24) is 0 Å². The first-order chi connectivity index (χ1) is 63.1. The van der Waals surface area contributed by atoms with Gasteiger partial charge in [-0.1, -0.05) is 336 Å². The summed E-state index contributed by atoms with van der Waals surface area (Å²) in [6.45, 7) is 20.7. The van der Waals surface area contributed by atoms with Gasteiger partial charge >= 0.3 is 17.9 Å². The van der Waals surface area contributed by atoms with Gasteiger partial charge < -0.3 is 14.2 Å². The Hall–Kier alpha value is -13.6. The third-order valence-electron chi connectivity index (χ3n) is 25.8. The van der Waals surface area contributed by atoms with Crippen LogP contribution in [0.25, 0.3) is 97.0 Å². The molecule has 0 heterocycles. The molecule has 15 aromatic carbocycles. The van der Waals surface area contributed by atoms with Crippen molar-refractivity contribution >= 4 is 115 Å². The molecule has 0 aromatic heterocycles. The fraction of sp³-hybridized carbons (Fsp3) is 0.293. The van der Waals surface area contributed by atoms with Crippen LogP contribution < -0.4 is 0 Å². The Morgan fingerprint density at radius 3 is 0.574 bits per heavy atom. The topological polar surface area (TPSA) is 78.9 Å². The Morgan fingerprint density at radius 2 is 0.388 bits per heavy atom. The van der Waals surface area contributed by atoms with Crippen molar-refractivity contribution in [2.45, 2.75) is 216 Å². The number of rotatable bonds is 30. The molecule has 0 saturated heterocycles. The lowest BCUT2D eigenvalue weighted by Gasteiger charge is -2.15. The van der Waals surface area contributed by atoms with Crippen molar-refractivity contribution in [2.75, 3.05) is 19.8 Å². The van der Waals surface area contributed by atoms with Crippen LogP contribution in [0.4, 0.5) is 0 Å². The van der Waals surface area contributed by atoms with Crippen LogP contribution in [0.3, 0.4) is 0 Å². The summed E-state index contributed by atoms with van der Waals surface area (Å²) in [5.41, 5.74) is 16.3. The summed E-state index contributed by atoms with van der Waals surface area (Å²) in [4.78, 5) is 43.8. The number of aryl methyl sites for hydroxylation is 6. The molecule has 0 amide bonds. The minimum absolute atomic E-state index is 0.310. The van der Waals surface area contributed by atoms with E-state index in [2.05, 4.69) is 279 Å². The minimum atomic E-state index is -0.421. The van der Waals surface area contributed by atoms with E-state index in [0.717, 1.165) is 222 Å². The number of hydrogen-bond acceptors (Lipinski definition) is 6. The van der Waals surface area contributed by atoms with Crippen LogP contribution in [0.5, 0.6) is 0 Å². The molecule has 0 fully saturated rings. The number of hydrogen-bond donors (Lipinski definition) is 0. The van der Waals surface area contributed by atoms with Gasteiger partial charge in [0.15, 0.2) is 0 Å². The summed E-state index contributed by atoms with van der Waals surface area (Å²) < 4.78 is 18.4. The van der Waals surface area contributed by atoms with Crippen LogP contribution in [0, 0.1) is 113 Å². The number of carbonyl (C=O) groups excluding carboxylic acids is 3. The van der Waals surface area contributed by atoms with Crippen molar-refractivity contribution in [1.29, 1.82) is 0 Å². The highest BCUT2D eigenvalue weighted by Crippen LogP contribution is 2.44. The molecule has 129 heavy (non-hydrogen) atoms. The molecule has 0 radical (unpaired) electrons. The molecule has 0 aliphatic heterocycles. The standard InChI is InChI=1S/C123H114O6/c1-10-13-16-19-22-25-28-31-64-127-121(124)103-70-88-52-58-94-76-100-78-96(108-48-36-42-84(6)114(108)118(100)112-82(4)40-34-46-106(94)112)60-54-90-68-92(74-104(72-90)122(125)128-65-32-29-26-23-20-17-14-11-2)56-62-98-80-102-81-99(111-51-39-45-87(9)117(111)120(102)116-86(8)44-38-50-110(98)116)63-57-93-69-91(73-105(75-93)123(126)129-66-33-30-27-24-21-18-15-12-3)55-61-97-79-101-77-95(59-53-89(67-88)71-103)107-47-35-41-83(5)113(107)119(101)115-85(7)43-37-49-109(97)115/h34-51,67-81H,10-33,64-66H2,1-9H3. The van der Waals surface area contributed by atoms with Crippen molar-refractivity contribution in [3.8, 4) is 71.0 Å². The third kappa shape index (κ3) is 20.5. The lowest BCUT2D eigenvalue weighted by Crippen LogP contribution is -2.07. The lowest BCUT2D eigenvalue weighted by atomic mass is 9.87. The van der Waals surface area contributed by atoms with Gasteiger partial charge in [0.2, 0.25) is 0 Å². The van der Waals surface area contributed by atoms with Gasteiger partial charge in [0.1, 0.15) is 0 Å². The highest BCUT2D eigenvalue weighted by molar-refractivity contribution is 6.27. The molecule has 15 bridgehead atoms. The highest BCUT2D eigenvalue weighted by Gasteiger charge is 2.22. The Bertz CT molecular complexity index is 6300. The summed E-state index contributed by atoms with van der Waals surface area (Å²) in [6, 6.07) is 68.7. The number of unbranched alkanes of at least 4 members (excludes halogenated alkanes) is 21. The largest absolute Gasteiger partial charge is 0.462 e. The van der Waals surface area contributed by atoms with Crippen molar-refractivity contribution in [3.63, 3.8) is 0 Å². The quantitative estimate of drug-likeness (QED) is 0.0147. The van der Waals surface area contributed by atoms with Crippen LogP contribution in [0.2, 0.25) is 0 Å². The van der Waals surface area contributed by atoms with Crippen LogP contribution in [0.15, 0.2) is 200 Å². The zero-order chi connectivity index (χ0) is 89.3. The van der Waals surface area contributed by atoms with E-state index >= 15 is 0 Å². The zero-order valence-electron chi connectivity index (χ0n) is 76.6. The van der Waals surface area contributed by atoms with E-state index in [-0.39, 0.29) is 0 Å². The number of ether oxygens (including phenoxy) is 3. The zero-order valence-corrected chi connectivity index (χ0v) is 76.6. The van der Waals surface area contributed by atoms with Gasteiger partial charge in [0.05, 0.1) is 36.5 Å². The molecule has 1 aliphatic carbocycles. The fourth-order valence-corrected chi connectivity index (χ4v) is 19.1. The van der Waals surface area contributed by atoms with Gasteiger partial charge in [-0.05, 0) is 282 Å². The van der Waals surface area contributed by atoms with Gasteiger partial charge in [0.25, 0.3) is 0 Å². The van der Waals surface area contributed by atoms with Gasteiger partial charge in [-0.15, -0.1) is 0 Å². The van der Waals surface area contributed by atoms with Gasteiger partial charge in [-0.25, -0.2) is 14.4 Å². The molecule has 0 atom stereocenters. The molecule has 6 heteroatoms. The van der Waals surface area contributed by atoms with Crippen LogP contribution in [-0.2, 0) is 14.2 Å². The second kappa shape index (κ2) is 41.9. The molecular formula is C123H114O6. The summed E-state index contributed by atoms with van der Waals surface area (Å²) >= 11 is 0. The molecule has 1 aliphatic rings. The number of esters is 3. The monoisotopic (exact) mass is 1690 g/mol. The van der Waals surface area contributed by atoms with Crippen LogP contribution in [-0.4, -0.2) is 37.7 Å². The maximum Gasteiger partial charge on any atom is 0.338 e. The molecule has 16 rings (SSSR count). The van der Waals surface area contributed by atoms with Crippen molar-refractivity contribution in [2.24, 2.45) is 0 Å². The molecule has 0 unspecified atom stereocenters. The minimum Gasteiger partial charge on any atom is -0.462 e. The first-order valence-corrected chi connectivity index (χ1v) is 47.3. The summed E-state index contributed by atoms with van der Waals surface area (Å²) in [5.74, 6) is 42.3. The fourth-order valence-electron chi connectivity index (χ4n) is 19.1. The van der Waals surface area contributed by atoms with Gasteiger partial charge in [-0.2, -0.15) is 0 Å². The number of fused-ring (bicyclic) bond motifs is 30. The van der Waals surface area contributed by atoms with E-state index in [9.17, 15) is 14.4 Å². The first-order valence-electron chi connectivity index (χ1n) is 47.3. The van der Waals surface area contributed by atoms with E-state index in [1.54, 1.807) is 0 Å². The molecule has 6 nitrogen and oxygen atoms in total. The van der Waals surface area contributed by atoms with E-state index in [1.165, 1.54) is 96.3 Å². The Kier molecular flexibility index (Phi) is 28.8. The van der Waals surface area contributed by atoms with Gasteiger partial charge in [0, 0.05) is 66.8 Å². The predicted octanol–water partition coefficient (Wildman–Crippen LogP) is 30.5. The maximum atomic E-state index is 14.6. The second-order valence-electron chi connectivity index (χ2n) is 35.6. The molecule has 0 N–H and O–H groups in total. The molecule has 0 spiro atoms. The van der Waals surface area contributed by atoms with Crippen LogP contribution in [0.1, 0.15) is 306 Å². The van der Waals surface area contributed by atoms with E-state index < -0.39 is 17.9 Å². The smallest absolute Gasteiger partial charge is 0.338 e. The first kappa shape index (κ1) is 88.8. The Morgan fingerprint density at radius 1 is 0.209 bits per heavy atom. The normalized spacial score (nSPS) is 11.6. The van der Waals surface area contributed by atoms with E-state index in [1.807, 2.05) is 54.6 Å². The highest BCUT2D eigenvalue weighted by atomic mass is 16.5. The second-order valence-corrected chi connectivity index (χ2v) is 35.6. The number of benzene rings is 15. The SMILES string of the molecule is CCCCCCCCCCOC(=O)c1cc2cc(c1)C#Cc1cc3cc(c4cccc(C)c4c3c3c(C)cccc13)C#Cc1cc(cc(C(=O)OCCCCCCCCCC)c1)C#Cc1cc3cc(c4cccc(C)c4c3c3c(C)cccc13)C#Cc1cc(cc(C(=O)OCCCCCCCCCC)c1)C#Cc1cc3cc(c4cccc(C)c4c3c3c(C)cccc13)C#C2. The van der Waals surface area contributed by atoms with E-state index in [0.29, 0.717) is 69.9 Å². The third-order valence-corrected chi connectivity index (χ3v) is 25.8. The lowest BCUT2D eigenvalue weighted by molar-refractivity contribution is 0.0488. The molecule has 642 valence electrons. The summed E-state index contributed by atoms with van der Waals surface area (Å²) in [7, 11) is 0. The van der Waals surface area contributed by atoms with E-state index in [4.69, 9.17) is 14.2 Å². The average molecular weight is 1690 g/mol. The summed E-state index contributed by atoms with van der Waals surface area (Å²) in [5, 5.41) is 18.8. The van der Waals surface area contributed by atoms with Crippen molar-refractivity contribution in [3.05, 3.63) is 317 Å². The Labute approximate surface area is 762 Å². The average Bonchev–Trinajstić information content (AvgIpc) is 0.737. The molecular weight excluding hydrogens is 1570 g/mol. The number of carbonyl (C=O) groups is 3. The summed E-state index contributed by atoms with van der Waals surface area (Å²) in [6.07, 6.45) is 26.9. The van der Waals surface area contributed by atoms with Crippen molar-refractivity contribution < 1.29 is 28.6 Å².